The number of alkyl halides is 1. The summed E-state index contributed by atoms with van der Waals surface area (Å²) in [5.41, 5.74) is 8.63. The zero-order valence-electron chi connectivity index (χ0n) is 14.1. The Balaban J connectivity index is 1.80. The van der Waals surface area contributed by atoms with Crippen LogP contribution in [0.15, 0.2) is 12.1 Å². The molecule has 3 heterocycles. The number of hydrogen-bond donors (Lipinski definition) is 1. The third-order valence-electron chi connectivity index (χ3n) is 4.18. The predicted octanol–water partition coefficient (Wildman–Crippen LogP) is 3.08. The first kappa shape index (κ1) is 17.8. The highest BCUT2D eigenvalue weighted by atomic mass is 127. The number of halogens is 2. The molecule has 4 rings (SSSR count). The van der Waals surface area contributed by atoms with E-state index in [9.17, 15) is 0 Å². The summed E-state index contributed by atoms with van der Waals surface area (Å²) in [5, 5.41) is 0.798. The van der Waals surface area contributed by atoms with Crippen molar-refractivity contribution in [1.29, 1.82) is 0 Å². The smallest absolute Gasteiger partial charge is 0.165 e. The number of aromatic nitrogens is 4. The lowest BCUT2D eigenvalue weighted by atomic mass is 10.1. The molecule has 1 aromatic carbocycles. The quantitative estimate of drug-likeness (QED) is 0.413. The molecule has 7 nitrogen and oxygen atoms in total. The minimum Gasteiger partial charge on any atom is -0.486 e. The number of imidazole rings is 1. The third kappa shape index (κ3) is 3.22. The van der Waals surface area contributed by atoms with Crippen molar-refractivity contribution in [1.82, 2.24) is 19.5 Å². The van der Waals surface area contributed by atoms with E-state index in [1.165, 1.54) is 0 Å². The van der Waals surface area contributed by atoms with Gasteiger partial charge in [0.25, 0.3) is 0 Å². The Kier molecular flexibility index (Phi) is 4.91. The maximum atomic E-state index is 6.07. The van der Waals surface area contributed by atoms with Crippen molar-refractivity contribution in [3.05, 3.63) is 32.9 Å². The lowest BCUT2D eigenvalue weighted by Gasteiger charge is -2.20. The molecule has 2 N–H and O–H groups in total. The van der Waals surface area contributed by atoms with Gasteiger partial charge in [-0.1, -0.05) is 15.9 Å². The normalized spacial score (nSPS) is 13.3. The van der Waals surface area contributed by atoms with Gasteiger partial charge in [-0.05, 0) is 47.2 Å². The van der Waals surface area contributed by atoms with Gasteiger partial charge in [-0.2, -0.15) is 0 Å². The second-order valence-electron chi connectivity index (χ2n) is 5.96. The Morgan fingerprint density at radius 1 is 1.19 bits per heavy atom. The van der Waals surface area contributed by atoms with Crippen LogP contribution in [0.2, 0.25) is 0 Å². The fourth-order valence-electron chi connectivity index (χ4n) is 3.05. The average molecular weight is 530 g/mol. The van der Waals surface area contributed by atoms with E-state index in [-0.39, 0.29) is 0 Å². The SMILES string of the molecule is Cc1nc(N)c2nc(Cc3cc4c(cc3I)OCCO4)n(CCBr)c2n1. The van der Waals surface area contributed by atoms with Crippen LogP contribution in [-0.2, 0) is 13.0 Å². The monoisotopic (exact) mass is 529 g/mol. The van der Waals surface area contributed by atoms with E-state index in [1.807, 2.05) is 19.1 Å². The number of aryl methyl sites for hydroxylation is 2. The zero-order chi connectivity index (χ0) is 18.3. The van der Waals surface area contributed by atoms with E-state index in [4.69, 9.17) is 20.2 Å². The number of ether oxygens (including phenoxy) is 2. The van der Waals surface area contributed by atoms with E-state index >= 15 is 0 Å². The molecule has 0 spiro atoms. The molecule has 9 heteroatoms. The molecule has 0 atom stereocenters. The maximum Gasteiger partial charge on any atom is 0.165 e. The lowest BCUT2D eigenvalue weighted by molar-refractivity contribution is 0.171. The molecular formula is C17H17BrIN5O2. The molecule has 2 aromatic heterocycles. The first-order valence-corrected chi connectivity index (χ1v) is 10.4. The summed E-state index contributed by atoms with van der Waals surface area (Å²) in [5.74, 6) is 3.54. The Morgan fingerprint density at radius 2 is 1.92 bits per heavy atom. The van der Waals surface area contributed by atoms with Gasteiger partial charge in [0.1, 0.15) is 24.9 Å². The predicted molar refractivity (Wildman–Crippen MR) is 111 cm³/mol. The molecule has 26 heavy (non-hydrogen) atoms. The van der Waals surface area contributed by atoms with Gasteiger partial charge in [-0.3, -0.25) is 0 Å². The number of fused-ring (bicyclic) bond motifs is 2. The van der Waals surface area contributed by atoms with Gasteiger partial charge in [-0.25, -0.2) is 15.0 Å². The highest BCUT2D eigenvalue weighted by Gasteiger charge is 2.19. The first-order valence-electron chi connectivity index (χ1n) is 8.20. The molecule has 3 aromatic rings. The van der Waals surface area contributed by atoms with Crippen LogP contribution in [0, 0.1) is 10.5 Å². The molecule has 0 aliphatic carbocycles. The molecule has 0 amide bonds. The van der Waals surface area contributed by atoms with Gasteiger partial charge in [0.15, 0.2) is 28.5 Å². The number of hydrogen-bond acceptors (Lipinski definition) is 6. The topological polar surface area (TPSA) is 88.1 Å². The highest BCUT2D eigenvalue weighted by molar-refractivity contribution is 14.1. The molecule has 0 unspecified atom stereocenters. The highest BCUT2D eigenvalue weighted by Crippen LogP contribution is 2.35. The zero-order valence-corrected chi connectivity index (χ0v) is 17.9. The third-order valence-corrected chi connectivity index (χ3v) is 5.54. The second kappa shape index (κ2) is 7.18. The van der Waals surface area contributed by atoms with E-state index in [1.54, 1.807) is 0 Å². The fraction of sp³-hybridized carbons (Fsp3) is 0.353. The van der Waals surface area contributed by atoms with Crippen molar-refractivity contribution >= 4 is 55.5 Å². The summed E-state index contributed by atoms with van der Waals surface area (Å²) in [6.45, 7) is 3.74. The summed E-state index contributed by atoms with van der Waals surface area (Å²) in [7, 11) is 0. The van der Waals surface area contributed by atoms with Gasteiger partial charge >= 0.3 is 0 Å². The Morgan fingerprint density at radius 3 is 2.65 bits per heavy atom. The average Bonchev–Trinajstić information content (AvgIpc) is 2.94. The number of anilines is 1. The van der Waals surface area contributed by atoms with Gasteiger partial charge in [0.05, 0.1) is 0 Å². The van der Waals surface area contributed by atoms with Crippen molar-refractivity contribution in [3.63, 3.8) is 0 Å². The van der Waals surface area contributed by atoms with Gasteiger partial charge in [0, 0.05) is 21.9 Å². The summed E-state index contributed by atoms with van der Waals surface area (Å²) in [4.78, 5) is 13.5. The van der Waals surface area contributed by atoms with Crippen LogP contribution in [0.1, 0.15) is 17.2 Å². The standard InChI is InChI=1S/C17H17BrIN5O2/c1-9-21-16(20)15-17(22-9)24(3-2-18)14(23-15)7-10-6-12-13(8-11(10)19)26-5-4-25-12/h6,8H,2-5,7H2,1H3,(H2,20,21,22). The lowest BCUT2D eigenvalue weighted by Crippen LogP contribution is -2.16. The summed E-state index contributed by atoms with van der Waals surface area (Å²) in [6, 6.07) is 4.05. The van der Waals surface area contributed by atoms with Gasteiger partial charge < -0.3 is 19.8 Å². The van der Waals surface area contributed by atoms with Crippen LogP contribution in [0.3, 0.4) is 0 Å². The Hall–Kier alpha value is -1.62. The molecular weight excluding hydrogens is 513 g/mol. The van der Waals surface area contributed by atoms with Crippen LogP contribution in [0.25, 0.3) is 11.2 Å². The fourth-order valence-corrected chi connectivity index (χ4v) is 4.03. The van der Waals surface area contributed by atoms with Crippen LogP contribution in [0.5, 0.6) is 11.5 Å². The molecule has 1 aliphatic heterocycles. The largest absolute Gasteiger partial charge is 0.486 e. The van der Waals surface area contributed by atoms with Crippen LogP contribution in [0.4, 0.5) is 5.82 Å². The molecule has 0 radical (unpaired) electrons. The van der Waals surface area contributed by atoms with E-state index in [0.29, 0.717) is 36.8 Å². The minimum atomic E-state index is 0.416. The van der Waals surface area contributed by atoms with Crippen molar-refractivity contribution in [3.8, 4) is 11.5 Å². The minimum absolute atomic E-state index is 0.416. The molecule has 0 saturated heterocycles. The number of nitrogens with zero attached hydrogens (tertiary/aromatic N) is 4. The van der Waals surface area contributed by atoms with E-state index < -0.39 is 0 Å². The van der Waals surface area contributed by atoms with Crippen LogP contribution in [-0.4, -0.2) is 38.1 Å². The van der Waals surface area contributed by atoms with Crippen LogP contribution < -0.4 is 15.2 Å². The van der Waals surface area contributed by atoms with Gasteiger partial charge in [0.2, 0.25) is 0 Å². The molecule has 0 fully saturated rings. The number of benzene rings is 1. The second-order valence-corrected chi connectivity index (χ2v) is 7.92. The number of nitrogen functional groups attached to an aromatic ring is 1. The molecule has 1 aliphatic rings. The van der Waals surface area contributed by atoms with Crippen LogP contribution >= 0.6 is 38.5 Å². The molecule has 136 valence electrons. The van der Waals surface area contributed by atoms with Crippen molar-refractivity contribution in [2.24, 2.45) is 0 Å². The van der Waals surface area contributed by atoms with E-state index in [0.717, 1.165) is 44.0 Å². The Labute approximate surface area is 172 Å². The summed E-state index contributed by atoms with van der Waals surface area (Å²) in [6.07, 6.45) is 0.650. The molecule has 0 bridgehead atoms. The van der Waals surface area contributed by atoms with E-state index in [2.05, 4.69) is 53.1 Å². The van der Waals surface area contributed by atoms with Crippen molar-refractivity contribution in [2.45, 2.75) is 19.9 Å². The number of rotatable bonds is 4. The van der Waals surface area contributed by atoms with Gasteiger partial charge in [-0.15, -0.1) is 0 Å². The maximum absolute atomic E-state index is 6.07. The summed E-state index contributed by atoms with van der Waals surface area (Å²) >= 11 is 5.84. The Bertz CT molecular complexity index is 991. The number of nitrogens with two attached hydrogens (primary N) is 1. The summed E-state index contributed by atoms with van der Waals surface area (Å²) < 4.78 is 14.6. The first-order chi connectivity index (χ1) is 12.6. The van der Waals surface area contributed by atoms with Crippen molar-refractivity contribution in [2.75, 3.05) is 24.3 Å². The molecule has 0 saturated carbocycles. The van der Waals surface area contributed by atoms with Crippen molar-refractivity contribution < 1.29 is 9.47 Å².